The van der Waals surface area contributed by atoms with Gasteiger partial charge in [0, 0.05) is 6.42 Å². The summed E-state index contributed by atoms with van der Waals surface area (Å²) in [7, 11) is 1.21. The van der Waals surface area contributed by atoms with Crippen molar-refractivity contribution in [1.29, 1.82) is 0 Å². The van der Waals surface area contributed by atoms with Gasteiger partial charge in [-0.25, -0.2) is 0 Å². The molecule has 0 saturated carbocycles. The molecule has 0 radical (unpaired) electrons. The second-order valence-electron chi connectivity index (χ2n) is 16.0. The summed E-state index contributed by atoms with van der Waals surface area (Å²) in [6, 6.07) is -0.914. The summed E-state index contributed by atoms with van der Waals surface area (Å²) in [5.74, 6) is -0.224. The molecular weight excluding hydrogens is 744 g/mol. The first-order valence-corrected chi connectivity index (χ1v) is 24.0. The molecule has 2 N–H and O–H groups in total. The largest absolute Gasteiger partial charge is 0.756 e. The smallest absolute Gasteiger partial charge is 0.268 e. The number of carbonyl (C=O) groups is 1. The van der Waals surface area contributed by atoms with E-state index in [1.165, 1.54) is 57.8 Å². The normalized spacial score (nSPS) is 15.2. The van der Waals surface area contributed by atoms with E-state index in [2.05, 4.69) is 91.2 Å². The standard InChI is InChI=1S/C49H85N2O6P/c1-6-8-10-12-14-16-17-18-19-20-21-22-23-24-25-26-27-28-29-30-31-32-33-35-37-39-41-43-49(53)50-47(46-57-58(54,55)56-45-44-51(3,4)5)48(52)42-40-38-36-34-15-13-11-9-7-2/h7-10,14-16,18-19,21-22,24-25,34,40,42,47-48,52H,6,11-13,17,20,23,26-33,35-39,41,43-46H2,1-5H3,(H-,50,53,54,55)/b9-7+,10-8-,16-14-,19-18-,22-21-,25-24-,34-15+,42-40+. The first kappa shape index (κ1) is 55.4. The topological polar surface area (TPSA) is 108 Å². The maximum Gasteiger partial charge on any atom is 0.268 e. The van der Waals surface area contributed by atoms with E-state index in [9.17, 15) is 19.4 Å². The summed E-state index contributed by atoms with van der Waals surface area (Å²) >= 11 is 0. The number of aliphatic hydroxyl groups excluding tert-OH is 1. The monoisotopic (exact) mass is 829 g/mol. The van der Waals surface area contributed by atoms with Gasteiger partial charge in [0.1, 0.15) is 13.2 Å². The number of hydrogen-bond donors (Lipinski definition) is 2. The van der Waals surface area contributed by atoms with E-state index in [-0.39, 0.29) is 12.5 Å². The van der Waals surface area contributed by atoms with Gasteiger partial charge in [0.25, 0.3) is 7.82 Å². The van der Waals surface area contributed by atoms with E-state index in [1.54, 1.807) is 6.08 Å². The Kier molecular flexibility index (Phi) is 38.1. The Balaban J connectivity index is 4.20. The van der Waals surface area contributed by atoms with Crippen molar-refractivity contribution in [2.45, 2.75) is 167 Å². The number of carbonyl (C=O) groups excluding carboxylic acids is 1. The van der Waals surface area contributed by atoms with Gasteiger partial charge in [-0.2, -0.15) is 0 Å². The third-order valence-electron chi connectivity index (χ3n) is 9.35. The van der Waals surface area contributed by atoms with Gasteiger partial charge >= 0.3 is 0 Å². The second kappa shape index (κ2) is 39.9. The highest BCUT2D eigenvalue weighted by Crippen LogP contribution is 2.38. The lowest BCUT2D eigenvalue weighted by Gasteiger charge is -2.29. The number of hydrogen-bond acceptors (Lipinski definition) is 6. The van der Waals surface area contributed by atoms with Crippen molar-refractivity contribution in [1.82, 2.24) is 5.32 Å². The number of nitrogens with one attached hydrogen (secondary N) is 1. The predicted molar refractivity (Wildman–Crippen MR) is 246 cm³/mol. The SMILES string of the molecule is C/C=C/CC/C=C/CC/C=C/C(O)C(COP(=O)([O-])OCC[N+](C)(C)C)NC(=O)CCCCCCCCCCCCC/C=C\C/C=C\C/C=C\C/C=C\C/C=C\CC. The lowest BCUT2D eigenvalue weighted by atomic mass is 10.0. The molecule has 3 atom stereocenters. The van der Waals surface area contributed by atoms with Crippen molar-refractivity contribution in [3.8, 4) is 0 Å². The Morgan fingerprint density at radius 3 is 1.60 bits per heavy atom. The molecule has 9 heteroatoms. The van der Waals surface area contributed by atoms with Crippen molar-refractivity contribution >= 4 is 13.7 Å². The zero-order valence-corrected chi connectivity index (χ0v) is 38.3. The number of phosphoric acid groups is 1. The molecule has 0 rings (SSSR count). The van der Waals surface area contributed by atoms with Crippen molar-refractivity contribution in [3.05, 3.63) is 97.2 Å². The predicted octanol–water partition coefficient (Wildman–Crippen LogP) is 12.1. The van der Waals surface area contributed by atoms with Gasteiger partial charge in [-0.3, -0.25) is 9.36 Å². The van der Waals surface area contributed by atoms with E-state index >= 15 is 0 Å². The molecule has 0 spiro atoms. The van der Waals surface area contributed by atoms with Gasteiger partial charge in [0.05, 0.1) is 39.9 Å². The summed E-state index contributed by atoms with van der Waals surface area (Å²) in [6.45, 7) is 4.23. The van der Waals surface area contributed by atoms with Gasteiger partial charge in [0.2, 0.25) is 5.91 Å². The van der Waals surface area contributed by atoms with Crippen molar-refractivity contribution in [3.63, 3.8) is 0 Å². The summed E-state index contributed by atoms with van der Waals surface area (Å²) in [6.07, 6.45) is 56.4. The maximum absolute atomic E-state index is 12.8. The maximum atomic E-state index is 12.8. The summed E-state index contributed by atoms with van der Waals surface area (Å²) in [5.41, 5.74) is 0. The number of phosphoric ester groups is 1. The number of likely N-dealkylation sites (N-methyl/N-ethyl adjacent to an activating group) is 1. The van der Waals surface area contributed by atoms with Crippen LogP contribution in [0, 0.1) is 0 Å². The molecule has 1 amide bonds. The second-order valence-corrected chi connectivity index (χ2v) is 17.4. The number of amides is 1. The molecule has 58 heavy (non-hydrogen) atoms. The fraction of sp³-hybridized carbons (Fsp3) is 0.653. The third kappa shape index (κ3) is 41.6. The Labute approximate surface area is 356 Å². The first-order valence-electron chi connectivity index (χ1n) is 22.6. The van der Waals surface area contributed by atoms with Crippen LogP contribution in [0.5, 0.6) is 0 Å². The first-order chi connectivity index (χ1) is 28.0. The van der Waals surface area contributed by atoms with Crippen LogP contribution in [0.15, 0.2) is 97.2 Å². The molecule has 3 unspecified atom stereocenters. The Morgan fingerprint density at radius 2 is 1.09 bits per heavy atom. The highest BCUT2D eigenvalue weighted by atomic mass is 31.2. The zero-order chi connectivity index (χ0) is 42.8. The van der Waals surface area contributed by atoms with Crippen molar-refractivity contribution in [2.75, 3.05) is 40.9 Å². The molecule has 8 nitrogen and oxygen atoms in total. The van der Waals surface area contributed by atoms with Crippen LogP contribution < -0.4 is 10.2 Å². The quantitative estimate of drug-likeness (QED) is 0.0276. The van der Waals surface area contributed by atoms with Crippen molar-refractivity contribution in [2.24, 2.45) is 0 Å². The summed E-state index contributed by atoms with van der Waals surface area (Å²) in [4.78, 5) is 25.2. The average molecular weight is 829 g/mol. The Hall–Kier alpha value is -2.58. The van der Waals surface area contributed by atoms with E-state index in [0.717, 1.165) is 77.0 Å². The molecule has 0 heterocycles. The van der Waals surface area contributed by atoms with Gasteiger partial charge < -0.3 is 28.8 Å². The average Bonchev–Trinajstić information content (AvgIpc) is 3.17. The van der Waals surface area contributed by atoms with Gasteiger partial charge in [0.15, 0.2) is 0 Å². The number of aliphatic hydroxyl groups is 1. The fourth-order valence-corrected chi connectivity index (χ4v) is 6.53. The molecule has 0 aromatic carbocycles. The summed E-state index contributed by atoms with van der Waals surface area (Å²) < 4.78 is 23.1. The van der Waals surface area contributed by atoms with Crippen LogP contribution in [0.4, 0.5) is 0 Å². The van der Waals surface area contributed by atoms with Gasteiger partial charge in [-0.15, -0.1) is 0 Å². The van der Waals surface area contributed by atoms with Crippen LogP contribution in [-0.2, 0) is 18.4 Å². The number of quaternary nitrogens is 1. The minimum absolute atomic E-state index is 0.0149. The van der Waals surface area contributed by atoms with Crippen LogP contribution in [0.2, 0.25) is 0 Å². The Morgan fingerprint density at radius 1 is 0.638 bits per heavy atom. The zero-order valence-electron chi connectivity index (χ0n) is 37.5. The van der Waals surface area contributed by atoms with E-state index < -0.39 is 26.6 Å². The molecule has 0 saturated heterocycles. The summed E-state index contributed by atoms with van der Waals surface area (Å²) in [5, 5.41) is 13.7. The molecule has 332 valence electrons. The third-order valence-corrected chi connectivity index (χ3v) is 10.3. The van der Waals surface area contributed by atoms with Crippen LogP contribution in [0.1, 0.15) is 155 Å². The van der Waals surface area contributed by atoms with Crippen LogP contribution in [0.25, 0.3) is 0 Å². The molecular formula is C49H85N2O6P. The van der Waals surface area contributed by atoms with Gasteiger partial charge in [-0.1, -0.05) is 162 Å². The minimum Gasteiger partial charge on any atom is -0.756 e. The fourth-order valence-electron chi connectivity index (χ4n) is 5.80. The van der Waals surface area contributed by atoms with E-state index in [1.807, 2.05) is 40.2 Å². The minimum atomic E-state index is -4.60. The number of allylic oxidation sites excluding steroid dienone is 15. The molecule has 0 fully saturated rings. The highest BCUT2D eigenvalue weighted by molar-refractivity contribution is 7.45. The molecule has 0 bridgehead atoms. The van der Waals surface area contributed by atoms with Crippen LogP contribution in [0.3, 0.4) is 0 Å². The molecule has 0 aliphatic rings. The highest BCUT2D eigenvalue weighted by Gasteiger charge is 2.23. The number of rotatable bonds is 39. The van der Waals surface area contributed by atoms with E-state index in [0.29, 0.717) is 17.4 Å². The molecule has 0 aromatic rings. The Bertz CT molecular complexity index is 1260. The van der Waals surface area contributed by atoms with Gasteiger partial charge in [-0.05, 0) is 84.0 Å². The molecule has 0 aliphatic heterocycles. The van der Waals surface area contributed by atoms with E-state index in [4.69, 9.17) is 9.05 Å². The lowest BCUT2D eigenvalue weighted by molar-refractivity contribution is -0.870. The van der Waals surface area contributed by atoms with Crippen LogP contribution in [-0.4, -0.2) is 68.5 Å². The lowest BCUT2D eigenvalue weighted by Crippen LogP contribution is -2.45. The molecule has 0 aliphatic carbocycles. The molecule has 0 aromatic heterocycles. The number of unbranched alkanes of at least 4 members (excludes halogenated alkanes) is 13. The number of nitrogens with zero attached hydrogens (tertiary/aromatic N) is 1. The van der Waals surface area contributed by atoms with Crippen LogP contribution >= 0.6 is 7.82 Å². The van der Waals surface area contributed by atoms with Crippen molar-refractivity contribution < 1.29 is 32.9 Å².